The molecule has 1 aliphatic carbocycles. The van der Waals surface area contributed by atoms with Crippen molar-refractivity contribution < 1.29 is 9.22 Å². The zero-order valence-electron chi connectivity index (χ0n) is 9.64. The molecule has 0 atom stereocenters. The average Bonchev–Trinajstić information content (AvgIpc) is 2.01. The minimum Gasteiger partial charge on any atom is -0.547 e. The molecule has 0 unspecified atom stereocenters. The Balaban J connectivity index is 2.75. The van der Waals surface area contributed by atoms with Crippen LogP contribution in [-0.2, 0) is 9.22 Å². The van der Waals surface area contributed by atoms with Crippen LogP contribution in [0, 0.1) is 0 Å². The molecule has 0 aromatic rings. The third kappa shape index (κ3) is 3.29. The lowest BCUT2D eigenvalue weighted by Crippen LogP contribution is -2.26. The smallest absolute Gasteiger partial charge is 0.241 e. The molecule has 1 fully saturated rings. The molecule has 0 saturated heterocycles. The summed E-state index contributed by atoms with van der Waals surface area (Å²) in [4.78, 5) is 11.6. The van der Waals surface area contributed by atoms with Gasteiger partial charge < -0.3 is 4.43 Å². The average molecular weight is 212 g/mol. The second-order valence-corrected chi connectivity index (χ2v) is 9.31. The molecule has 0 spiro atoms. The van der Waals surface area contributed by atoms with Crippen molar-refractivity contribution in [2.45, 2.75) is 52.2 Å². The summed E-state index contributed by atoms with van der Waals surface area (Å²) in [6.07, 6.45) is 3.80. The van der Waals surface area contributed by atoms with Gasteiger partial charge in [0.1, 0.15) is 0 Å². The SMILES string of the molecule is C/C(O[Si](C)(C)C)=C1\CCCCC1=O. The van der Waals surface area contributed by atoms with Crippen molar-refractivity contribution in [1.29, 1.82) is 0 Å². The highest BCUT2D eigenvalue weighted by Gasteiger charge is 2.22. The standard InChI is InChI=1S/C11H20O2Si/c1-9(13-14(2,3)4)10-7-5-6-8-11(10)12/h5-8H2,1-4H3/b10-9-. The molecule has 3 heteroatoms. The van der Waals surface area contributed by atoms with Crippen molar-refractivity contribution in [3.05, 3.63) is 11.3 Å². The lowest BCUT2D eigenvalue weighted by Gasteiger charge is -2.23. The molecule has 0 heterocycles. The number of rotatable bonds is 2. The van der Waals surface area contributed by atoms with Crippen LogP contribution in [0.5, 0.6) is 0 Å². The zero-order chi connectivity index (χ0) is 10.8. The molecule has 0 aromatic carbocycles. The number of hydrogen-bond donors (Lipinski definition) is 0. The first-order valence-electron chi connectivity index (χ1n) is 5.32. The van der Waals surface area contributed by atoms with Crippen LogP contribution in [0.2, 0.25) is 19.6 Å². The van der Waals surface area contributed by atoms with Crippen LogP contribution in [0.4, 0.5) is 0 Å². The fraction of sp³-hybridized carbons (Fsp3) is 0.727. The van der Waals surface area contributed by atoms with E-state index in [2.05, 4.69) is 19.6 Å². The highest BCUT2D eigenvalue weighted by atomic mass is 28.4. The van der Waals surface area contributed by atoms with Crippen LogP contribution in [0.25, 0.3) is 0 Å². The van der Waals surface area contributed by atoms with E-state index in [9.17, 15) is 4.79 Å². The number of carbonyl (C=O) groups is 1. The Morgan fingerprint density at radius 3 is 2.29 bits per heavy atom. The Bertz CT molecular complexity index is 261. The lowest BCUT2D eigenvalue weighted by molar-refractivity contribution is -0.116. The third-order valence-corrected chi connectivity index (χ3v) is 3.22. The topological polar surface area (TPSA) is 26.3 Å². The minimum atomic E-state index is -1.54. The van der Waals surface area contributed by atoms with E-state index < -0.39 is 8.32 Å². The summed E-state index contributed by atoms with van der Waals surface area (Å²) in [5, 5.41) is 0. The fourth-order valence-electron chi connectivity index (χ4n) is 1.77. The minimum absolute atomic E-state index is 0.298. The van der Waals surface area contributed by atoms with Gasteiger partial charge >= 0.3 is 0 Å². The van der Waals surface area contributed by atoms with Gasteiger partial charge in [-0.2, -0.15) is 0 Å². The summed E-state index contributed by atoms with van der Waals surface area (Å²) in [6.45, 7) is 8.37. The molecule has 1 rings (SSSR count). The number of allylic oxidation sites excluding steroid dienone is 2. The maximum absolute atomic E-state index is 11.6. The maximum Gasteiger partial charge on any atom is 0.241 e. The first-order valence-corrected chi connectivity index (χ1v) is 8.73. The summed E-state index contributed by atoms with van der Waals surface area (Å²) in [7, 11) is -1.54. The number of ketones is 1. The Morgan fingerprint density at radius 1 is 1.21 bits per heavy atom. The summed E-state index contributed by atoms with van der Waals surface area (Å²) in [5.74, 6) is 1.18. The van der Waals surface area contributed by atoms with E-state index in [-0.39, 0.29) is 0 Å². The largest absolute Gasteiger partial charge is 0.547 e. The molecule has 80 valence electrons. The van der Waals surface area contributed by atoms with Crippen molar-refractivity contribution in [1.82, 2.24) is 0 Å². The molecule has 0 aliphatic heterocycles. The third-order valence-electron chi connectivity index (χ3n) is 2.30. The van der Waals surface area contributed by atoms with Gasteiger partial charge in [0.15, 0.2) is 5.78 Å². The van der Waals surface area contributed by atoms with Gasteiger partial charge in [-0.05, 0) is 45.8 Å². The number of carbonyl (C=O) groups excluding carboxylic acids is 1. The zero-order valence-corrected chi connectivity index (χ0v) is 10.6. The van der Waals surface area contributed by atoms with Crippen LogP contribution in [-0.4, -0.2) is 14.1 Å². The number of Topliss-reactive ketones (excluding diaryl/α,β-unsaturated/α-hetero) is 1. The van der Waals surface area contributed by atoms with Crippen molar-refractivity contribution in [3.8, 4) is 0 Å². The van der Waals surface area contributed by atoms with E-state index >= 15 is 0 Å². The molecule has 0 aromatic heterocycles. The first-order chi connectivity index (χ1) is 6.40. The molecule has 0 radical (unpaired) electrons. The van der Waals surface area contributed by atoms with Crippen molar-refractivity contribution in [2.75, 3.05) is 0 Å². The maximum atomic E-state index is 11.6. The molecule has 14 heavy (non-hydrogen) atoms. The van der Waals surface area contributed by atoms with Gasteiger partial charge in [-0.1, -0.05) is 0 Å². The lowest BCUT2D eigenvalue weighted by atomic mass is 9.93. The Labute approximate surface area is 87.5 Å². The summed E-state index contributed by atoms with van der Waals surface area (Å²) < 4.78 is 5.85. The van der Waals surface area contributed by atoms with E-state index in [1.54, 1.807) is 0 Å². The first kappa shape index (κ1) is 11.5. The molecule has 0 bridgehead atoms. The van der Waals surface area contributed by atoms with Gasteiger partial charge in [0.2, 0.25) is 8.32 Å². The Kier molecular flexibility index (Phi) is 3.53. The van der Waals surface area contributed by atoms with Gasteiger partial charge in [0, 0.05) is 12.0 Å². The molecule has 1 aliphatic rings. The van der Waals surface area contributed by atoms with Crippen LogP contribution in [0.15, 0.2) is 11.3 Å². The van der Waals surface area contributed by atoms with Crippen LogP contribution in [0.1, 0.15) is 32.6 Å². The van der Waals surface area contributed by atoms with Crippen LogP contribution >= 0.6 is 0 Å². The predicted molar refractivity (Wildman–Crippen MR) is 60.6 cm³/mol. The highest BCUT2D eigenvalue weighted by Crippen LogP contribution is 2.24. The van der Waals surface area contributed by atoms with Crippen LogP contribution in [0.3, 0.4) is 0 Å². The summed E-state index contributed by atoms with van der Waals surface area (Å²) >= 11 is 0. The predicted octanol–water partition coefficient (Wildman–Crippen LogP) is 3.26. The van der Waals surface area contributed by atoms with Crippen molar-refractivity contribution in [2.24, 2.45) is 0 Å². The van der Waals surface area contributed by atoms with Gasteiger partial charge in [0.05, 0.1) is 5.76 Å². The normalized spacial score (nSPS) is 22.1. The Morgan fingerprint density at radius 2 is 1.79 bits per heavy atom. The van der Waals surface area contributed by atoms with E-state index in [1.165, 1.54) is 0 Å². The Hall–Kier alpha value is -0.573. The summed E-state index contributed by atoms with van der Waals surface area (Å²) in [5.41, 5.74) is 0.943. The molecular weight excluding hydrogens is 192 g/mol. The highest BCUT2D eigenvalue weighted by molar-refractivity contribution is 6.70. The monoisotopic (exact) mass is 212 g/mol. The molecular formula is C11H20O2Si. The van der Waals surface area contributed by atoms with Crippen LogP contribution < -0.4 is 0 Å². The number of hydrogen-bond acceptors (Lipinski definition) is 2. The second-order valence-electron chi connectivity index (χ2n) is 4.88. The molecule has 0 amide bonds. The van der Waals surface area contributed by atoms with E-state index in [1.807, 2.05) is 6.92 Å². The molecule has 0 N–H and O–H groups in total. The second kappa shape index (κ2) is 4.30. The van der Waals surface area contributed by atoms with Crippen molar-refractivity contribution in [3.63, 3.8) is 0 Å². The van der Waals surface area contributed by atoms with Gasteiger partial charge in [-0.25, -0.2) is 0 Å². The van der Waals surface area contributed by atoms with Gasteiger partial charge in [-0.15, -0.1) is 0 Å². The van der Waals surface area contributed by atoms with E-state index in [0.29, 0.717) is 12.2 Å². The van der Waals surface area contributed by atoms with Crippen molar-refractivity contribution >= 4 is 14.1 Å². The molecule has 1 saturated carbocycles. The quantitative estimate of drug-likeness (QED) is 0.399. The fourth-order valence-corrected chi connectivity index (χ4v) is 2.81. The molecule has 2 nitrogen and oxygen atoms in total. The van der Waals surface area contributed by atoms with E-state index in [4.69, 9.17) is 4.43 Å². The van der Waals surface area contributed by atoms with Gasteiger partial charge in [0.25, 0.3) is 0 Å². The van der Waals surface area contributed by atoms with E-state index in [0.717, 1.165) is 30.6 Å². The van der Waals surface area contributed by atoms with Gasteiger partial charge in [-0.3, -0.25) is 4.79 Å². The summed E-state index contributed by atoms with van der Waals surface area (Å²) in [6, 6.07) is 0.